The van der Waals surface area contributed by atoms with Crippen molar-refractivity contribution in [3.63, 3.8) is 0 Å². The van der Waals surface area contributed by atoms with E-state index >= 15 is 0 Å². The summed E-state index contributed by atoms with van der Waals surface area (Å²) in [6, 6.07) is 5.73. The van der Waals surface area contributed by atoms with Crippen molar-refractivity contribution >= 4 is 27.3 Å². The van der Waals surface area contributed by atoms with Crippen molar-refractivity contribution in [3.05, 3.63) is 45.9 Å². The highest BCUT2D eigenvalue weighted by Gasteiger charge is 2.37. The number of amides is 1. The van der Waals surface area contributed by atoms with Crippen molar-refractivity contribution in [2.24, 2.45) is 5.92 Å². The molecule has 1 aliphatic carbocycles. The van der Waals surface area contributed by atoms with Crippen LogP contribution in [0.4, 0.5) is 0 Å². The Hall–Kier alpha value is -1.77. The maximum atomic E-state index is 12.7. The van der Waals surface area contributed by atoms with Gasteiger partial charge in [-0.3, -0.25) is 4.79 Å². The number of thiazole rings is 1. The van der Waals surface area contributed by atoms with Gasteiger partial charge in [-0.1, -0.05) is 0 Å². The second-order valence-corrected chi connectivity index (χ2v) is 9.45. The first-order chi connectivity index (χ1) is 11.8. The first-order valence-corrected chi connectivity index (χ1v) is 10.3. The van der Waals surface area contributed by atoms with Crippen molar-refractivity contribution < 1.29 is 13.2 Å². The first kappa shape index (κ1) is 18.0. The van der Waals surface area contributed by atoms with Gasteiger partial charge >= 0.3 is 0 Å². The standard InChI is InChI=1S/C17H21N3O3S2/c1-11-10-18-16(24-11)15(12-4-5-12)19-25(22,23)14-8-6-13(7-9-14)17(21)20(2)3/h6-10,12,15,19H,4-5H2,1-3H3/t15-/m1/s1. The van der Waals surface area contributed by atoms with Gasteiger partial charge < -0.3 is 4.90 Å². The molecule has 1 N–H and O–H groups in total. The zero-order valence-corrected chi connectivity index (χ0v) is 16.0. The molecule has 8 heteroatoms. The van der Waals surface area contributed by atoms with Crippen LogP contribution in [0.1, 0.15) is 39.1 Å². The number of sulfonamides is 1. The van der Waals surface area contributed by atoms with Crippen LogP contribution in [0.3, 0.4) is 0 Å². The van der Waals surface area contributed by atoms with Gasteiger partial charge in [0.1, 0.15) is 5.01 Å². The molecule has 0 bridgehead atoms. The molecule has 1 atom stereocenters. The fourth-order valence-corrected chi connectivity index (χ4v) is 4.83. The Balaban J connectivity index is 1.82. The molecule has 6 nitrogen and oxygen atoms in total. The van der Waals surface area contributed by atoms with Crippen LogP contribution in [0, 0.1) is 12.8 Å². The number of aromatic nitrogens is 1. The molecular weight excluding hydrogens is 358 g/mol. The Kier molecular flexibility index (Phi) is 4.95. The number of hydrogen-bond acceptors (Lipinski definition) is 5. The Labute approximate surface area is 151 Å². The largest absolute Gasteiger partial charge is 0.345 e. The van der Waals surface area contributed by atoms with E-state index in [9.17, 15) is 13.2 Å². The van der Waals surface area contributed by atoms with Crippen molar-refractivity contribution in [2.75, 3.05) is 14.1 Å². The molecule has 1 saturated carbocycles. The number of hydrogen-bond donors (Lipinski definition) is 1. The van der Waals surface area contributed by atoms with Crippen molar-refractivity contribution in [1.82, 2.24) is 14.6 Å². The van der Waals surface area contributed by atoms with Gasteiger partial charge in [0.2, 0.25) is 10.0 Å². The van der Waals surface area contributed by atoms with Crippen LogP contribution in [0.2, 0.25) is 0 Å². The Morgan fingerprint density at radius 3 is 2.40 bits per heavy atom. The number of nitrogens with one attached hydrogen (secondary N) is 1. The molecule has 1 fully saturated rings. The highest BCUT2D eigenvalue weighted by atomic mass is 32.2. The predicted molar refractivity (Wildman–Crippen MR) is 97.1 cm³/mol. The highest BCUT2D eigenvalue weighted by molar-refractivity contribution is 7.89. The van der Waals surface area contributed by atoms with E-state index in [1.807, 2.05) is 6.92 Å². The van der Waals surface area contributed by atoms with E-state index < -0.39 is 10.0 Å². The summed E-state index contributed by atoms with van der Waals surface area (Å²) in [7, 11) is -0.359. The van der Waals surface area contributed by atoms with E-state index in [-0.39, 0.29) is 16.8 Å². The second-order valence-electron chi connectivity index (χ2n) is 6.47. The lowest BCUT2D eigenvalue weighted by Crippen LogP contribution is -2.30. The van der Waals surface area contributed by atoms with Crippen LogP contribution >= 0.6 is 11.3 Å². The van der Waals surface area contributed by atoms with Gasteiger partial charge in [-0.2, -0.15) is 0 Å². The topological polar surface area (TPSA) is 79.4 Å². The van der Waals surface area contributed by atoms with E-state index in [4.69, 9.17) is 0 Å². The normalized spacial score (nSPS) is 15.8. The van der Waals surface area contributed by atoms with Crippen molar-refractivity contribution in [3.8, 4) is 0 Å². The lowest BCUT2D eigenvalue weighted by Gasteiger charge is -2.16. The van der Waals surface area contributed by atoms with Crippen LogP contribution in [0.15, 0.2) is 35.4 Å². The summed E-state index contributed by atoms with van der Waals surface area (Å²) in [4.78, 5) is 18.9. The monoisotopic (exact) mass is 379 g/mol. The second kappa shape index (κ2) is 6.86. The third kappa shape index (κ3) is 4.08. The number of benzene rings is 1. The molecule has 1 aromatic carbocycles. The number of aryl methyl sites for hydroxylation is 1. The predicted octanol–water partition coefficient (Wildman–Crippen LogP) is 2.58. The summed E-state index contributed by atoms with van der Waals surface area (Å²) >= 11 is 1.52. The molecule has 0 aliphatic heterocycles. The lowest BCUT2D eigenvalue weighted by molar-refractivity contribution is 0.0827. The molecule has 25 heavy (non-hydrogen) atoms. The summed E-state index contributed by atoms with van der Waals surface area (Å²) < 4.78 is 28.3. The molecule has 2 aromatic rings. The molecule has 0 spiro atoms. The maximum absolute atomic E-state index is 12.7. The fraction of sp³-hybridized carbons (Fsp3) is 0.412. The van der Waals surface area contributed by atoms with E-state index in [0.29, 0.717) is 11.5 Å². The Bertz CT molecular complexity index is 869. The molecule has 1 aliphatic rings. The average molecular weight is 380 g/mol. The molecule has 0 radical (unpaired) electrons. The Morgan fingerprint density at radius 2 is 1.92 bits per heavy atom. The minimum atomic E-state index is -3.67. The van der Waals surface area contributed by atoms with Crippen LogP contribution in [0.25, 0.3) is 0 Å². The number of nitrogens with zero attached hydrogens (tertiary/aromatic N) is 2. The molecule has 3 rings (SSSR count). The van der Waals surface area contributed by atoms with Gasteiger partial charge in [-0.05, 0) is 49.9 Å². The van der Waals surface area contributed by atoms with Gasteiger partial charge in [-0.15, -0.1) is 11.3 Å². The quantitative estimate of drug-likeness (QED) is 0.837. The summed E-state index contributed by atoms with van der Waals surface area (Å²) in [6.07, 6.45) is 3.77. The summed E-state index contributed by atoms with van der Waals surface area (Å²) in [5, 5.41) is 0.808. The molecule has 0 saturated heterocycles. The third-order valence-corrected chi connectivity index (χ3v) is 6.55. The van der Waals surface area contributed by atoms with Gasteiger partial charge in [-0.25, -0.2) is 18.1 Å². The number of rotatable bonds is 6. The summed E-state index contributed by atoms with van der Waals surface area (Å²) in [6.45, 7) is 1.96. The fourth-order valence-electron chi connectivity index (χ4n) is 2.56. The summed E-state index contributed by atoms with van der Waals surface area (Å²) in [5.41, 5.74) is 0.457. The molecular formula is C17H21N3O3S2. The number of carbonyl (C=O) groups excluding carboxylic acids is 1. The van der Waals surface area contributed by atoms with Gasteiger partial charge in [0.05, 0.1) is 10.9 Å². The van der Waals surface area contributed by atoms with Crippen LogP contribution in [-0.2, 0) is 10.0 Å². The van der Waals surface area contributed by atoms with Crippen LogP contribution < -0.4 is 4.72 Å². The molecule has 1 heterocycles. The van der Waals surface area contributed by atoms with Gasteiger partial charge in [0.25, 0.3) is 5.91 Å². The zero-order chi connectivity index (χ0) is 18.2. The van der Waals surface area contributed by atoms with E-state index in [0.717, 1.165) is 22.7 Å². The van der Waals surface area contributed by atoms with E-state index in [2.05, 4.69) is 9.71 Å². The highest BCUT2D eigenvalue weighted by Crippen LogP contribution is 2.42. The minimum Gasteiger partial charge on any atom is -0.345 e. The molecule has 1 aromatic heterocycles. The molecule has 134 valence electrons. The first-order valence-electron chi connectivity index (χ1n) is 8.04. The van der Waals surface area contributed by atoms with Crippen LogP contribution in [-0.4, -0.2) is 38.3 Å². The van der Waals surface area contributed by atoms with Crippen molar-refractivity contribution in [2.45, 2.75) is 30.7 Å². The Morgan fingerprint density at radius 1 is 1.28 bits per heavy atom. The van der Waals surface area contributed by atoms with Crippen LogP contribution in [0.5, 0.6) is 0 Å². The average Bonchev–Trinajstić information content (AvgIpc) is 3.33. The van der Waals surface area contributed by atoms with Gasteiger partial charge in [0.15, 0.2) is 0 Å². The number of carbonyl (C=O) groups is 1. The lowest BCUT2D eigenvalue weighted by atomic mass is 10.2. The zero-order valence-electron chi connectivity index (χ0n) is 14.4. The van der Waals surface area contributed by atoms with E-state index in [1.54, 1.807) is 20.3 Å². The summed E-state index contributed by atoms with van der Waals surface area (Å²) in [5.74, 6) is 0.140. The van der Waals surface area contributed by atoms with E-state index in [1.165, 1.54) is 40.5 Å². The maximum Gasteiger partial charge on any atom is 0.253 e. The molecule has 0 unspecified atom stereocenters. The third-order valence-electron chi connectivity index (χ3n) is 4.10. The van der Waals surface area contributed by atoms with Gasteiger partial charge in [0, 0.05) is 30.7 Å². The molecule has 1 amide bonds. The minimum absolute atomic E-state index is 0.154. The SMILES string of the molecule is Cc1cnc([C@H](NS(=O)(=O)c2ccc(C(=O)N(C)C)cc2)C2CC2)s1. The van der Waals surface area contributed by atoms with Crippen molar-refractivity contribution in [1.29, 1.82) is 0 Å². The smallest absolute Gasteiger partial charge is 0.253 e.